The first-order chi connectivity index (χ1) is 18.3. The number of piperazine rings is 1. The summed E-state index contributed by atoms with van der Waals surface area (Å²) in [5.74, 6) is -1.64. The third-order valence-corrected chi connectivity index (χ3v) is 6.68. The highest BCUT2D eigenvalue weighted by Crippen LogP contribution is 2.32. The van der Waals surface area contributed by atoms with Crippen molar-refractivity contribution >= 4 is 34.2 Å². The van der Waals surface area contributed by atoms with Gasteiger partial charge in [0.05, 0.1) is 28.9 Å². The standard InChI is InChI=1S/C29H27FN4O4/c1-33-11-13-34(14-12-33)29(38)19-5-8-22(9-6-19)31-27(20-4-2-3-18(15-20)16-25(35)36)26-23-10-7-21(30)17-24(23)32-28(26)37/h2-10,15,17,32,37H,11-14,16H2,1H3,(H,35,36). The number of aromatic amines is 1. The van der Waals surface area contributed by atoms with E-state index < -0.39 is 11.8 Å². The second-order valence-electron chi connectivity index (χ2n) is 9.41. The number of halogens is 1. The molecular formula is C29H27FN4O4. The summed E-state index contributed by atoms with van der Waals surface area (Å²) in [6.45, 7) is 3.01. The van der Waals surface area contributed by atoms with E-state index in [9.17, 15) is 24.2 Å². The molecule has 0 bridgehead atoms. The van der Waals surface area contributed by atoms with Crippen LogP contribution in [0.1, 0.15) is 27.0 Å². The number of aliphatic carboxylic acids is 1. The molecule has 1 aliphatic heterocycles. The van der Waals surface area contributed by atoms with Crippen LogP contribution in [0.15, 0.2) is 71.7 Å². The number of rotatable bonds is 6. The highest BCUT2D eigenvalue weighted by Gasteiger charge is 2.22. The van der Waals surface area contributed by atoms with Crippen LogP contribution in [0.3, 0.4) is 0 Å². The number of hydrogen-bond acceptors (Lipinski definition) is 5. The largest absolute Gasteiger partial charge is 0.494 e. The Morgan fingerprint density at radius 2 is 1.71 bits per heavy atom. The van der Waals surface area contributed by atoms with Gasteiger partial charge in [0.15, 0.2) is 5.88 Å². The molecule has 1 saturated heterocycles. The van der Waals surface area contributed by atoms with Crippen molar-refractivity contribution in [2.45, 2.75) is 6.42 Å². The van der Waals surface area contributed by atoms with Gasteiger partial charge in [-0.05, 0) is 61.1 Å². The highest BCUT2D eigenvalue weighted by atomic mass is 19.1. The molecule has 0 spiro atoms. The van der Waals surface area contributed by atoms with Crippen LogP contribution < -0.4 is 0 Å². The van der Waals surface area contributed by atoms with E-state index in [2.05, 4.69) is 9.88 Å². The molecule has 38 heavy (non-hydrogen) atoms. The number of aliphatic imine (C=N–C) groups is 1. The van der Waals surface area contributed by atoms with Crippen LogP contribution in [0, 0.1) is 5.82 Å². The van der Waals surface area contributed by atoms with Gasteiger partial charge >= 0.3 is 5.97 Å². The average Bonchev–Trinajstić information content (AvgIpc) is 3.22. The number of nitrogens with one attached hydrogen (secondary N) is 1. The van der Waals surface area contributed by atoms with Gasteiger partial charge < -0.3 is 25.0 Å². The van der Waals surface area contributed by atoms with Crippen molar-refractivity contribution in [1.29, 1.82) is 0 Å². The van der Waals surface area contributed by atoms with Gasteiger partial charge in [-0.2, -0.15) is 0 Å². The van der Waals surface area contributed by atoms with Gasteiger partial charge in [-0.15, -0.1) is 0 Å². The lowest BCUT2D eigenvalue weighted by atomic mass is 9.98. The summed E-state index contributed by atoms with van der Waals surface area (Å²) < 4.78 is 13.9. The van der Waals surface area contributed by atoms with Gasteiger partial charge in [-0.3, -0.25) is 9.59 Å². The number of aromatic hydroxyl groups is 1. The number of hydrogen-bond donors (Lipinski definition) is 3. The van der Waals surface area contributed by atoms with E-state index in [0.29, 0.717) is 57.6 Å². The third kappa shape index (κ3) is 5.28. The maximum Gasteiger partial charge on any atom is 0.307 e. The molecule has 0 aliphatic carbocycles. The Hall–Kier alpha value is -4.50. The fourth-order valence-electron chi connectivity index (χ4n) is 4.66. The van der Waals surface area contributed by atoms with E-state index >= 15 is 0 Å². The van der Waals surface area contributed by atoms with E-state index in [0.717, 1.165) is 13.1 Å². The van der Waals surface area contributed by atoms with Crippen molar-refractivity contribution < 1.29 is 24.2 Å². The van der Waals surface area contributed by atoms with Crippen LogP contribution in [0.5, 0.6) is 5.88 Å². The maximum absolute atomic E-state index is 13.9. The SMILES string of the molecule is CN1CCN(C(=O)c2ccc(N=C(c3cccc(CC(=O)O)c3)c3c(O)[nH]c4cc(F)ccc34)cc2)CC1. The van der Waals surface area contributed by atoms with Crippen LogP contribution in [-0.2, 0) is 11.2 Å². The molecule has 4 aromatic rings. The Morgan fingerprint density at radius 1 is 0.974 bits per heavy atom. The Labute approximate surface area is 218 Å². The molecule has 9 heteroatoms. The summed E-state index contributed by atoms with van der Waals surface area (Å²) in [5, 5.41) is 20.6. The van der Waals surface area contributed by atoms with Gasteiger partial charge in [0.2, 0.25) is 0 Å². The molecule has 3 N–H and O–H groups in total. The normalized spacial score (nSPS) is 14.7. The number of likely N-dealkylation sites (N-methyl/N-ethyl adjacent to an activating group) is 1. The third-order valence-electron chi connectivity index (χ3n) is 6.68. The molecule has 194 valence electrons. The van der Waals surface area contributed by atoms with Gasteiger partial charge in [0, 0.05) is 42.7 Å². The van der Waals surface area contributed by atoms with Gasteiger partial charge in [-0.25, -0.2) is 9.38 Å². The van der Waals surface area contributed by atoms with Crippen molar-refractivity contribution in [2.75, 3.05) is 33.2 Å². The number of carboxylic acids is 1. The first-order valence-electron chi connectivity index (χ1n) is 12.3. The molecule has 0 unspecified atom stereocenters. The molecule has 5 rings (SSSR count). The molecule has 1 fully saturated rings. The summed E-state index contributed by atoms with van der Waals surface area (Å²) >= 11 is 0. The van der Waals surface area contributed by atoms with Crippen LogP contribution in [0.25, 0.3) is 10.9 Å². The fourth-order valence-corrected chi connectivity index (χ4v) is 4.66. The fraction of sp³-hybridized carbons (Fsp3) is 0.207. The summed E-state index contributed by atoms with van der Waals surface area (Å²) in [4.78, 5) is 35.9. The molecule has 0 saturated carbocycles. The van der Waals surface area contributed by atoms with E-state index in [4.69, 9.17) is 4.99 Å². The molecule has 0 atom stereocenters. The number of aromatic nitrogens is 1. The summed E-state index contributed by atoms with van der Waals surface area (Å²) in [7, 11) is 2.03. The number of fused-ring (bicyclic) bond motifs is 1. The van der Waals surface area contributed by atoms with E-state index in [-0.39, 0.29) is 18.2 Å². The minimum atomic E-state index is -0.966. The number of H-pyrrole nitrogens is 1. The van der Waals surface area contributed by atoms with Crippen molar-refractivity contribution in [1.82, 2.24) is 14.8 Å². The minimum absolute atomic E-state index is 0.0356. The Balaban J connectivity index is 1.56. The zero-order valence-corrected chi connectivity index (χ0v) is 20.8. The lowest BCUT2D eigenvalue weighted by molar-refractivity contribution is -0.136. The zero-order valence-electron chi connectivity index (χ0n) is 20.8. The molecule has 1 amide bonds. The minimum Gasteiger partial charge on any atom is -0.494 e. The smallest absolute Gasteiger partial charge is 0.307 e. The molecule has 0 radical (unpaired) electrons. The van der Waals surface area contributed by atoms with Crippen molar-refractivity contribution in [3.8, 4) is 5.88 Å². The first-order valence-corrected chi connectivity index (χ1v) is 12.3. The Kier molecular flexibility index (Phi) is 6.93. The van der Waals surface area contributed by atoms with Crippen LogP contribution in [-0.4, -0.2) is 75.8 Å². The number of carbonyl (C=O) groups excluding carboxylic acids is 1. The molecule has 8 nitrogen and oxygen atoms in total. The summed E-state index contributed by atoms with van der Waals surface area (Å²) in [6.07, 6.45) is -0.171. The molecule has 1 aliphatic rings. The number of amides is 1. The van der Waals surface area contributed by atoms with E-state index in [1.54, 1.807) is 54.6 Å². The zero-order chi connectivity index (χ0) is 26.8. The number of nitrogens with zero attached hydrogens (tertiary/aromatic N) is 3. The summed E-state index contributed by atoms with van der Waals surface area (Å²) in [5.41, 5.74) is 3.40. The van der Waals surface area contributed by atoms with E-state index in [1.165, 1.54) is 12.1 Å². The topological polar surface area (TPSA) is 109 Å². The van der Waals surface area contributed by atoms with Crippen LogP contribution >= 0.6 is 0 Å². The molecule has 3 aromatic carbocycles. The second kappa shape index (κ2) is 10.5. The van der Waals surface area contributed by atoms with Gasteiger partial charge in [0.25, 0.3) is 5.91 Å². The predicted molar refractivity (Wildman–Crippen MR) is 143 cm³/mol. The van der Waals surface area contributed by atoms with Crippen LogP contribution in [0.4, 0.5) is 10.1 Å². The quantitative estimate of drug-likeness (QED) is 0.334. The Morgan fingerprint density at radius 3 is 2.42 bits per heavy atom. The number of benzene rings is 3. The Bertz CT molecular complexity index is 1540. The predicted octanol–water partition coefficient (Wildman–Crippen LogP) is 4.20. The van der Waals surface area contributed by atoms with Crippen molar-refractivity contribution in [3.63, 3.8) is 0 Å². The number of carbonyl (C=O) groups is 2. The lowest BCUT2D eigenvalue weighted by Crippen LogP contribution is -2.47. The molecular weight excluding hydrogens is 487 g/mol. The van der Waals surface area contributed by atoms with Crippen LogP contribution in [0.2, 0.25) is 0 Å². The average molecular weight is 515 g/mol. The van der Waals surface area contributed by atoms with Gasteiger partial charge in [-0.1, -0.05) is 18.2 Å². The molecule has 1 aromatic heterocycles. The van der Waals surface area contributed by atoms with E-state index in [1.807, 2.05) is 11.9 Å². The second-order valence-corrected chi connectivity index (χ2v) is 9.41. The maximum atomic E-state index is 13.9. The monoisotopic (exact) mass is 514 g/mol. The first kappa shape index (κ1) is 25.2. The van der Waals surface area contributed by atoms with Gasteiger partial charge in [0.1, 0.15) is 5.82 Å². The highest BCUT2D eigenvalue weighted by molar-refractivity contribution is 6.22. The number of carboxylic acid groups (broad SMARTS) is 1. The lowest BCUT2D eigenvalue weighted by Gasteiger charge is -2.32. The molecule has 2 heterocycles. The van der Waals surface area contributed by atoms with Crippen molar-refractivity contribution in [2.24, 2.45) is 4.99 Å². The summed E-state index contributed by atoms with van der Waals surface area (Å²) in [6, 6.07) is 18.0. The van der Waals surface area contributed by atoms with Crippen molar-refractivity contribution in [3.05, 3.63) is 94.8 Å².